The molecular formula is C33H47N3O4. The minimum absolute atomic E-state index is 0.160. The summed E-state index contributed by atoms with van der Waals surface area (Å²) in [4.78, 5) is 40.4. The molecule has 0 radical (unpaired) electrons. The second-order valence-electron chi connectivity index (χ2n) is 9.24. The van der Waals surface area contributed by atoms with Crippen molar-refractivity contribution in [2.45, 2.75) is 83.6 Å². The van der Waals surface area contributed by atoms with Crippen LogP contribution < -0.4 is 10.6 Å². The Labute approximate surface area is 240 Å². The molecule has 2 N–H and O–H groups in total. The molecule has 0 aromatic carbocycles. The van der Waals surface area contributed by atoms with Gasteiger partial charge in [0.2, 0.25) is 5.91 Å². The lowest BCUT2D eigenvalue weighted by molar-refractivity contribution is -0.145. The average molecular weight is 550 g/mol. The van der Waals surface area contributed by atoms with Crippen LogP contribution >= 0.6 is 0 Å². The summed E-state index contributed by atoms with van der Waals surface area (Å²) in [6, 6.07) is 2.73. The van der Waals surface area contributed by atoms with E-state index in [1.807, 2.05) is 0 Å². The van der Waals surface area contributed by atoms with E-state index in [4.69, 9.17) is 4.74 Å². The lowest BCUT2D eigenvalue weighted by Crippen LogP contribution is -2.41. The van der Waals surface area contributed by atoms with Crippen molar-refractivity contribution < 1.29 is 19.1 Å². The van der Waals surface area contributed by atoms with Crippen molar-refractivity contribution in [1.82, 2.24) is 15.6 Å². The summed E-state index contributed by atoms with van der Waals surface area (Å²) in [5.74, 6) is -0.795. The highest BCUT2D eigenvalue weighted by atomic mass is 16.5. The van der Waals surface area contributed by atoms with Gasteiger partial charge in [-0.25, -0.2) is 4.79 Å². The molecule has 0 aliphatic rings. The summed E-state index contributed by atoms with van der Waals surface area (Å²) in [6.07, 6.45) is 33.2. The van der Waals surface area contributed by atoms with Crippen molar-refractivity contribution in [3.8, 4) is 0 Å². The Balaban J connectivity index is 2.15. The number of nitrogens with zero attached hydrogens (tertiary/aromatic N) is 1. The number of hydrogen-bond donors (Lipinski definition) is 2. The molecule has 2 amide bonds. The smallest absolute Gasteiger partial charge is 0.328 e. The second-order valence-corrected chi connectivity index (χ2v) is 9.24. The predicted octanol–water partition coefficient (Wildman–Crippen LogP) is 6.56. The number of ether oxygens (including phenoxy) is 1. The van der Waals surface area contributed by atoms with Crippen molar-refractivity contribution in [2.24, 2.45) is 0 Å². The molecule has 0 aliphatic heterocycles. The number of amides is 2. The molecule has 1 aromatic heterocycles. The molecule has 0 bridgehead atoms. The van der Waals surface area contributed by atoms with Crippen LogP contribution in [-0.4, -0.2) is 42.5 Å². The Morgan fingerprint density at radius 1 is 0.875 bits per heavy atom. The van der Waals surface area contributed by atoms with Crippen LogP contribution in [0, 0.1) is 0 Å². The fourth-order valence-electron chi connectivity index (χ4n) is 3.68. The molecule has 218 valence electrons. The van der Waals surface area contributed by atoms with Crippen LogP contribution in [0.15, 0.2) is 85.3 Å². The third kappa shape index (κ3) is 18.5. The van der Waals surface area contributed by atoms with Crippen molar-refractivity contribution in [2.75, 3.05) is 13.7 Å². The summed E-state index contributed by atoms with van der Waals surface area (Å²) in [5, 5.41) is 5.62. The molecule has 1 rings (SSSR count). The number of hydrogen-bond acceptors (Lipinski definition) is 5. The second kappa shape index (κ2) is 24.3. The number of allylic oxidation sites excluding steroid dienone is 10. The van der Waals surface area contributed by atoms with Gasteiger partial charge in [-0.1, -0.05) is 67.7 Å². The highest BCUT2D eigenvalue weighted by Gasteiger charge is 2.20. The third-order valence-electron chi connectivity index (χ3n) is 5.88. The first-order valence-corrected chi connectivity index (χ1v) is 14.4. The summed E-state index contributed by atoms with van der Waals surface area (Å²) in [7, 11) is 1.32. The predicted molar refractivity (Wildman–Crippen MR) is 163 cm³/mol. The van der Waals surface area contributed by atoms with Crippen molar-refractivity contribution in [3.63, 3.8) is 0 Å². The van der Waals surface area contributed by atoms with Gasteiger partial charge in [0.05, 0.1) is 12.7 Å². The zero-order valence-corrected chi connectivity index (χ0v) is 24.2. The monoisotopic (exact) mass is 549 g/mol. The summed E-state index contributed by atoms with van der Waals surface area (Å²) in [5.41, 5.74) is 0.506. The Bertz CT molecular complexity index is 981. The lowest BCUT2D eigenvalue weighted by Gasteiger charge is -2.16. The first kappa shape index (κ1) is 34.3. The van der Waals surface area contributed by atoms with Crippen LogP contribution in [0.4, 0.5) is 0 Å². The summed E-state index contributed by atoms with van der Waals surface area (Å²) in [6.45, 7) is 2.61. The minimum atomic E-state index is -0.680. The normalized spacial score (nSPS) is 12.7. The van der Waals surface area contributed by atoms with Gasteiger partial charge in [-0.05, 0) is 76.3 Å². The number of nitrogens with one attached hydrogen (secondary N) is 2. The fourth-order valence-corrected chi connectivity index (χ4v) is 3.68. The number of carbonyl (C=O) groups is 3. The van der Waals surface area contributed by atoms with E-state index in [-0.39, 0.29) is 11.8 Å². The van der Waals surface area contributed by atoms with Crippen LogP contribution in [0.3, 0.4) is 0 Å². The Hall–Kier alpha value is -3.74. The standard InChI is InChI=1S/C33H47N3O4/c1-3-4-5-6-7-8-9-10-11-12-13-14-15-16-17-18-19-25-31(37)36-30(33(39)40-2)24-20-21-27-35-32(38)29-23-22-26-34-28-29/h4-5,7-8,10-11,13-14,16-17,22-23,26,28,30H,3,6,9,12,15,18-21,24-25,27H2,1-2H3,(H,35,38)(H,36,37)/b5-4-,8-7-,11-10-,14-13-,17-16-. The first-order valence-electron chi connectivity index (χ1n) is 14.4. The molecule has 0 saturated carbocycles. The molecule has 0 fully saturated rings. The minimum Gasteiger partial charge on any atom is -0.467 e. The molecule has 0 aliphatic carbocycles. The molecule has 0 saturated heterocycles. The van der Waals surface area contributed by atoms with Crippen molar-refractivity contribution in [3.05, 3.63) is 90.9 Å². The van der Waals surface area contributed by atoms with E-state index >= 15 is 0 Å². The van der Waals surface area contributed by atoms with Crippen LogP contribution in [0.5, 0.6) is 0 Å². The van der Waals surface area contributed by atoms with Gasteiger partial charge >= 0.3 is 5.97 Å². The van der Waals surface area contributed by atoms with E-state index in [0.717, 1.165) is 38.5 Å². The van der Waals surface area contributed by atoms with Gasteiger partial charge in [-0.2, -0.15) is 0 Å². The number of rotatable bonds is 21. The third-order valence-corrected chi connectivity index (χ3v) is 5.88. The van der Waals surface area contributed by atoms with Gasteiger partial charge < -0.3 is 15.4 Å². The maximum Gasteiger partial charge on any atom is 0.328 e. The summed E-state index contributed by atoms with van der Waals surface area (Å²) < 4.78 is 4.85. The van der Waals surface area contributed by atoms with Crippen molar-refractivity contribution >= 4 is 17.8 Å². The molecular weight excluding hydrogens is 502 g/mol. The van der Waals surface area contributed by atoms with Crippen molar-refractivity contribution in [1.29, 1.82) is 0 Å². The number of aromatic nitrogens is 1. The van der Waals surface area contributed by atoms with Crippen LogP contribution in [0.25, 0.3) is 0 Å². The quantitative estimate of drug-likeness (QED) is 0.103. The largest absolute Gasteiger partial charge is 0.467 e. The fraction of sp³-hybridized carbons (Fsp3) is 0.455. The number of pyridine rings is 1. The number of methoxy groups -OCH3 is 1. The maximum absolute atomic E-state index is 12.3. The zero-order chi connectivity index (χ0) is 29.1. The molecule has 1 heterocycles. The number of esters is 1. The maximum atomic E-state index is 12.3. The van der Waals surface area contributed by atoms with Gasteiger partial charge in [-0.3, -0.25) is 14.6 Å². The number of carbonyl (C=O) groups excluding carboxylic acids is 3. The van der Waals surface area contributed by atoms with E-state index in [0.29, 0.717) is 44.2 Å². The molecule has 7 nitrogen and oxygen atoms in total. The molecule has 1 unspecified atom stereocenters. The number of unbranched alkanes of at least 4 members (excludes halogenated alkanes) is 2. The Morgan fingerprint density at radius 2 is 1.50 bits per heavy atom. The SMILES string of the molecule is CC/C=C\C/C=C\C/C=C\C/C=C\C/C=C\CCCC(=O)NC(CCCCNC(=O)c1cccnc1)C(=O)OC. The Kier molecular flexibility index (Phi) is 20.8. The van der Waals surface area contributed by atoms with Crippen LogP contribution in [0.2, 0.25) is 0 Å². The lowest BCUT2D eigenvalue weighted by atomic mass is 10.1. The van der Waals surface area contributed by atoms with Crippen LogP contribution in [-0.2, 0) is 14.3 Å². The zero-order valence-electron chi connectivity index (χ0n) is 24.2. The van der Waals surface area contributed by atoms with E-state index in [2.05, 4.69) is 83.3 Å². The van der Waals surface area contributed by atoms with Crippen LogP contribution in [0.1, 0.15) is 87.9 Å². The van der Waals surface area contributed by atoms with E-state index in [9.17, 15) is 14.4 Å². The van der Waals surface area contributed by atoms with Gasteiger partial charge in [0.1, 0.15) is 6.04 Å². The molecule has 1 atom stereocenters. The van der Waals surface area contributed by atoms with Gasteiger partial charge in [0.15, 0.2) is 0 Å². The molecule has 7 heteroatoms. The van der Waals surface area contributed by atoms with Gasteiger partial charge in [0.25, 0.3) is 5.91 Å². The van der Waals surface area contributed by atoms with E-state index in [1.54, 1.807) is 18.3 Å². The molecule has 40 heavy (non-hydrogen) atoms. The van der Waals surface area contributed by atoms with E-state index in [1.165, 1.54) is 13.3 Å². The Morgan fingerprint density at radius 3 is 2.08 bits per heavy atom. The topological polar surface area (TPSA) is 97.4 Å². The molecule has 1 aromatic rings. The highest BCUT2D eigenvalue weighted by molar-refractivity contribution is 5.93. The van der Waals surface area contributed by atoms with Gasteiger partial charge in [-0.15, -0.1) is 0 Å². The van der Waals surface area contributed by atoms with E-state index < -0.39 is 12.0 Å². The summed E-state index contributed by atoms with van der Waals surface area (Å²) >= 11 is 0. The highest BCUT2D eigenvalue weighted by Crippen LogP contribution is 2.06. The molecule has 0 spiro atoms. The average Bonchev–Trinajstić information content (AvgIpc) is 2.97. The van der Waals surface area contributed by atoms with Gasteiger partial charge in [0, 0.05) is 25.4 Å². The first-order chi connectivity index (χ1) is 19.6.